The maximum Gasteiger partial charge on any atom is 0.261 e. The fraction of sp³-hybridized carbons (Fsp3) is 0.429. The first-order valence-electron chi connectivity index (χ1n) is 6.42. The van der Waals surface area contributed by atoms with Crippen LogP contribution in [0.15, 0.2) is 18.2 Å². The van der Waals surface area contributed by atoms with Crippen molar-refractivity contribution in [3.05, 3.63) is 29.3 Å². The Hall–Kier alpha value is -1.84. The molecule has 1 saturated carbocycles. The second-order valence-electron chi connectivity index (χ2n) is 5.15. The number of carbonyl (C=O) groups is 2. The first kappa shape index (κ1) is 11.3. The van der Waals surface area contributed by atoms with Crippen LogP contribution in [0.1, 0.15) is 46.4 Å². The summed E-state index contributed by atoms with van der Waals surface area (Å²) < 4.78 is 0. The molecule has 1 aliphatic heterocycles. The van der Waals surface area contributed by atoms with Crippen LogP contribution in [0.25, 0.3) is 0 Å². The van der Waals surface area contributed by atoms with Gasteiger partial charge in [0.1, 0.15) is 0 Å². The molecule has 18 heavy (non-hydrogen) atoms. The third kappa shape index (κ3) is 1.88. The van der Waals surface area contributed by atoms with E-state index in [1.54, 1.807) is 18.2 Å². The topological polar surface area (TPSA) is 63.4 Å². The molecular weight excluding hydrogens is 228 g/mol. The van der Waals surface area contributed by atoms with Crippen molar-refractivity contribution in [1.82, 2.24) is 4.90 Å². The highest BCUT2D eigenvalue weighted by Crippen LogP contribution is 2.34. The summed E-state index contributed by atoms with van der Waals surface area (Å²) in [6, 6.07) is 4.90. The van der Waals surface area contributed by atoms with Crippen molar-refractivity contribution >= 4 is 17.5 Å². The zero-order chi connectivity index (χ0) is 12.7. The lowest BCUT2D eigenvalue weighted by Crippen LogP contribution is -2.30. The van der Waals surface area contributed by atoms with E-state index >= 15 is 0 Å². The zero-order valence-corrected chi connectivity index (χ0v) is 10.2. The first-order chi connectivity index (χ1) is 8.66. The Bertz CT molecular complexity index is 521. The van der Waals surface area contributed by atoms with Gasteiger partial charge in [-0.25, -0.2) is 0 Å². The Kier molecular flexibility index (Phi) is 2.58. The van der Waals surface area contributed by atoms with Crippen LogP contribution in [0.3, 0.4) is 0 Å². The van der Waals surface area contributed by atoms with E-state index in [4.69, 9.17) is 5.73 Å². The minimum atomic E-state index is -0.196. The molecule has 2 N–H and O–H groups in total. The number of anilines is 1. The number of nitrogen functional groups attached to an aromatic ring is 1. The summed E-state index contributed by atoms with van der Waals surface area (Å²) >= 11 is 0. The number of imide groups is 1. The third-order valence-corrected chi connectivity index (χ3v) is 3.69. The number of hydrogen-bond donors (Lipinski definition) is 1. The van der Waals surface area contributed by atoms with Gasteiger partial charge in [-0.2, -0.15) is 0 Å². The number of carbonyl (C=O) groups excluding carboxylic acids is 2. The maximum atomic E-state index is 12.1. The number of nitrogens with two attached hydrogens (primary N) is 1. The normalized spacial score (nSPS) is 18.3. The van der Waals surface area contributed by atoms with Crippen molar-refractivity contribution in [2.75, 3.05) is 12.3 Å². The summed E-state index contributed by atoms with van der Waals surface area (Å²) in [6.07, 6.45) is 4.64. The first-order valence-corrected chi connectivity index (χ1v) is 6.42. The van der Waals surface area contributed by atoms with Gasteiger partial charge in [-0.1, -0.05) is 12.8 Å². The van der Waals surface area contributed by atoms with Gasteiger partial charge in [0.25, 0.3) is 11.8 Å². The molecule has 0 radical (unpaired) electrons. The molecule has 0 spiro atoms. The summed E-state index contributed by atoms with van der Waals surface area (Å²) in [5.41, 5.74) is 7.11. The molecule has 0 aromatic heterocycles. The Morgan fingerprint density at radius 2 is 1.89 bits per heavy atom. The smallest absolute Gasteiger partial charge is 0.261 e. The summed E-state index contributed by atoms with van der Waals surface area (Å²) in [6.45, 7) is 0.531. The Balaban J connectivity index is 1.74. The zero-order valence-electron chi connectivity index (χ0n) is 10.2. The predicted octanol–water partition coefficient (Wildman–Crippen LogP) is 2.06. The summed E-state index contributed by atoms with van der Waals surface area (Å²) in [7, 11) is 0. The fourth-order valence-corrected chi connectivity index (χ4v) is 2.46. The lowest BCUT2D eigenvalue weighted by atomic mass is 10.1. The van der Waals surface area contributed by atoms with Gasteiger partial charge >= 0.3 is 0 Å². The minimum absolute atomic E-state index is 0.175. The lowest BCUT2D eigenvalue weighted by molar-refractivity contribution is 0.0651. The van der Waals surface area contributed by atoms with E-state index in [0.717, 1.165) is 18.8 Å². The molecule has 1 fully saturated rings. The predicted molar refractivity (Wildman–Crippen MR) is 68.2 cm³/mol. The molecule has 0 atom stereocenters. The van der Waals surface area contributed by atoms with E-state index in [9.17, 15) is 9.59 Å². The van der Waals surface area contributed by atoms with Crippen LogP contribution in [0.2, 0.25) is 0 Å². The van der Waals surface area contributed by atoms with E-state index in [1.165, 1.54) is 17.7 Å². The lowest BCUT2D eigenvalue weighted by Gasteiger charge is -2.13. The van der Waals surface area contributed by atoms with Gasteiger partial charge in [-0.15, -0.1) is 0 Å². The average Bonchev–Trinajstić information content (AvgIpc) is 3.13. The summed E-state index contributed by atoms with van der Waals surface area (Å²) in [5, 5.41) is 0. The molecule has 1 heterocycles. The molecule has 1 aromatic carbocycles. The molecule has 3 rings (SSSR count). The fourth-order valence-electron chi connectivity index (χ4n) is 2.46. The van der Waals surface area contributed by atoms with Crippen molar-refractivity contribution in [2.45, 2.75) is 25.7 Å². The van der Waals surface area contributed by atoms with Gasteiger partial charge in [-0.3, -0.25) is 14.5 Å². The van der Waals surface area contributed by atoms with Crippen LogP contribution in [-0.4, -0.2) is 23.3 Å². The van der Waals surface area contributed by atoms with Gasteiger partial charge in [0.15, 0.2) is 0 Å². The van der Waals surface area contributed by atoms with Crippen LogP contribution < -0.4 is 5.73 Å². The SMILES string of the molecule is Nc1ccc2c(c1)C(=O)N(CCCC1CC1)C2=O. The Labute approximate surface area is 106 Å². The van der Waals surface area contributed by atoms with Crippen LogP contribution in [0, 0.1) is 5.92 Å². The van der Waals surface area contributed by atoms with Gasteiger partial charge < -0.3 is 5.73 Å². The highest BCUT2D eigenvalue weighted by atomic mass is 16.2. The van der Waals surface area contributed by atoms with E-state index < -0.39 is 0 Å². The van der Waals surface area contributed by atoms with Crippen LogP contribution >= 0.6 is 0 Å². The van der Waals surface area contributed by atoms with E-state index in [1.807, 2.05) is 0 Å². The van der Waals surface area contributed by atoms with Crippen molar-refractivity contribution in [2.24, 2.45) is 5.92 Å². The van der Waals surface area contributed by atoms with E-state index in [0.29, 0.717) is 23.4 Å². The van der Waals surface area contributed by atoms with Gasteiger partial charge in [0.2, 0.25) is 0 Å². The number of amides is 2. The van der Waals surface area contributed by atoms with Crippen LogP contribution in [-0.2, 0) is 0 Å². The molecular formula is C14H16N2O2. The molecule has 2 amide bonds. The standard InChI is InChI=1S/C14H16N2O2/c15-10-5-6-11-12(8-10)14(18)16(13(11)17)7-1-2-9-3-4-9/h5-6,8-9H,1-4,7,15H2. The van der Waals surface area contributed by atoms with Crippen LogP contribution in [0.4, 0.5) is 5.69 Å². The van der Waals surface area contributed by atoms with Crippen molar-refractivity contribution in [3.8, 4) is 0 Å². The highest BCUT2D eigenvalue weighted by molar-refractivity contribution is 6.21. The second kappa shape index (κ2) is 4.12. The molecule has 0 bridgehead atoms. The number of benzene rings is 1. The second-order valence-corrected chi connectivity index (χ2v) is 5.15. The molecule has 4 heteroatoms. The summed E-state index contributed by atoms with van der Waals surface area (Å²) in [4.78, 5) is 25.5. The summed E-state index contributed by atoms with van der Waals surface area (Å²) in [5.74, 6) is 0.458. The van der Waals surface area contributed by atoms with Crippen LogP contribution in [0.5, 0.6) is 0 Å². The molecule has 1 aliphatic carbocycles. The molecule has 94 valence electrons. The average molecular weight is 244 g/mol. The highest BCUT2D eigenvalue weighted by Gasteiger charge is 2.35. The molecule has 4 nitrogen and oxygen atoms in total. The number of fused-ring (bicyclic) bond motifs is 1. The van der Waals surface area contributed by atoms with E-state index in [2.05, 4.69) is 0 Å². The van der Waals surface area contributed by atoms with Gasteiger partial charge in [-0.05, 0) is 37.0 Å². The maximum absolute atomic E-state index is 12.1. The van der Waals surface area contributed by atoms with E-state index in [-0.39, 0.29) is 11.8 Å². The van der Waals surface area contributed by atoms with Crippen molar-refractivity contribution in [3.63, 3.8) is 0 Å². The third-order valence-electron chi connectivity index (χ3n) is 3.69. The molecule has 0 saturated heterocycles. The van der Waals surface area contributed by atoms with Gasteiger partial charge in [0, 0.05) is 12.2 Å². The number of hydrogen-bond acceptors (Lipinski definition) is 3. The quantitative estimate of drug-likeness (QED) is 0.651. The largest absolute Gasteiger partial charge is 0.399 e. The Morgan fingerprint density at radius 3 is 2.61 bits per heavy atom. The van der Waals surface area contributed by atoms with Gasteiger partial charge in [0.05, 0.1) is 11.1 Å². The minimum Gasteiger partial charge on any atom is -0.399 e. The molecule has 0 unspecified atom stereocenters. The monoisotopic (exact) mass is 244 g/mol. The molecule has 1 aromatic rings. The Morgan fingerprint density at radius 1 is 1.17 bits per heavy atom. The number of nitrogens with zero attached hydrogens (tertiary/aromatic N) is 1. The van der Waals surface area contributed by atoms with Crippen molar-refractivity contribution < 1.29 is 9.59 Å². The van der Waals surface area contributed by atoms with Crippen molar-refractivity contribution in [1.29, 1.82) is 0 Å². The number of rotatable bonds is 4. The molecule has 2 aliphatic rings.